The molecule has 1 unspecified atom stereocenters. The third-order valence-electron chi connectivity index (χ3n) is 5.10. The van der Waals surface area contributed by atoms with Crippen molar-refractivity contribution in [2.75, 3.05) is 23.0 Å². The number of carbonyl (C=O) groups excluding carboxylic acids is 2. The number of hydrogen-bond donors (Lipinski definition) is 1. The van der Waals surface area contributed by atoms with E-state index < -0.39 is 15.8 Å². The monoisotopic (exact) mass is 408 g/mol. The molecule has 148 valence electrons. The molecule has 1 heterocycles. The number of benzene rings is 3. The Balaban J connectivity index is 1.51. The van der Waals surface area contributed by atoms with Crippen LogP contribution in [0.3, 0.4) is 0 Å². The van der Waals surface area contributed by atoms with Crippen molar-refractivity contribution in [3.05, 3.63) is 66.7 Å². The minimum absolute atomic E-state index is 0.0890. The first-order chi connectivity index (χ1) is 13.8. The van der Waals surface area contributed by atoms with Crippen LogP contribution in [0.25, 0.3) is 10.8 Å². The van der Waals surface area contributed by atoms with Crippen LogP contribution >= 0.6 is 0 Å². The van der Waals surface area contributed by atoms with Crippen LogP contribution in [0.4, 0.5) is 11.4 Å². The van der Waals surface area contributed by atoms with Gasteiger partial charge >= 0.3 is 0 Å². The van der Waals surface area contributed by atoms with Crippen molar-refractivity contribution < 1.29 is 18.0 Å². The molecule has 6 nitrogen and oxygen atoms in total. The van der Waals surface area contributed by atoms with Gasteiger partial charge in [-0.2, -0.15) is 0 Å². The second kappa shape index (κ2) is 7.33. The highest BCUT2D eigenvalue weighted by Crippen LogP contribution is 2.32. The molecule has 3 aromatic carbocycles. The van der Waals surface area contributed by atoms with Gasteiger partial charge in [0, 0.05) is 30.3 Å². The van der Waals surface area contributed by atoms with Gasteiger partial charge in [-0.3, -0.25) is 9.59 Å². The van der Waals surface area contributed by atoms with Crippen LogP contribution in [0.5, 0.6) is 0 Å². The van der Waals surface area contributed by atoms with E-state index in [0.717, 1.165) is 22.7 Å². The van der Waals surface area contributed by atoms with E-state index >= 15 is 0 Å². The van der Waals surface area contributed by atoms with E-state index in [4.69, 9.17) is 0 Å². The Morgan fingerprint density at radius 2 is 1.69 bits per heavy atom. The number of amides is 2. The zero-order valence-electron chi connectivity index (χ0n) is 15.8. The standard InChI is InChI=1S/C22H20N2O4S/c1-29(27,28)18-11-9-17(10-12-18)23-22(26)16-13-21(25)24(14-16)20-8-4-6-15-5-2-3-7-19(15)20/h2-12,16H,13-14H2,1H3,(H,23,26). The fraction of sp³-hybridized carbons (Fsp3) is 0.182. The smallest absolute Gasteiger partial charge is 0.229 e. The van der Waals surface area contributed by atoms with Crippen molar-refractivity contribution in [3.8, 4) is 0 Å². The topological polar surface area (TPSA) is 83.5 Å². The molecule has 0 aromatic heterocycles. The fourth-order valence-corrected chi connectivity index (χ4v) is 4.22. The van der Waals surface area contributed by atoms with Crippen molar-refractivity contribution in [2.45, 2.75) is 11.3 Å². The van der Waals surface area contributed by atoms with Crippen LogP contribution in [0.15, 0.2) is 71.6 Å². The summed E-state index contributed by atoms with van der Waals surface area (Å²) in [5, 5.41) is 4.79. The molecule has 0 bridgehead atoms. The molecule has 0 saturated carbocycles. The first-order valence-electron chi connectivity index (χ1n) is 9.22. The zero-order valence-corrected chi connectivity index (χ0v) is 16.6. The number of rotatable bonds is 4. The number of nitrogens with zero attached hydrogens (tertiary/aromatic N) is 1. The summed E-state index contributed by atoms with van der Waals surface area (Å²) in [6.45, 7) is 0.306. The number of anilines is 2. The Kier molecular flexibility index (Phi) is 4.84. The van der Waals surface area contributed by atoms with Gasteiger partial charge in [0.25, 0.3) is 0 Å². The Hall–Kier alpha value is -3.19. The number of carbonyl (C=O) groups is 2. The van der Waals surface area contributed by atoms with Gasteiger partial charge in [0.1, 0.15) is 0 Å². The van der Waals surface area contributed by atoms with Gasteiger partial charge in [0.15, 0.2) is 9.84 Å². The molecule has 29 heavy (non-hydrogen) atoms. The van der Waals surface area contributed by atoms with Gasteiger partial charge < -0.3 is 10.2 Å². The summed E-state index contributed by atoms with van der Waals surface area (Å²) in [4.78, 5) is 27.1. The number of hydrogen-bond acceptors (Lipinski definition) is 4. The molecule has 1 aliphatic rings. The van der Waals surface area contributed by atoms with Crippen molar-refractivity contribution >= 4 is 43.8 Å². The molecule has 1 aliphatic heterocycles. The van der Waals surface area contributed by atoms with Crippen LogP contribution in [-0.4, -0.2) is 33.0 Å². The molecule has 1 atom stereocenters. The highest BCUT2D eigenvalue weighted by molar-refractivity contribution is 7.90. The van der Waals surface area contributed by atoms with E-state index in [1.165, 1.54) is 12.1 Å². The summed E-state index contributed by atoms with van der Waals surface area (Å²) in [5.74, 6) is -0.821. The molecule has 2 amide bonds. The maximum absolute atomic E-state index is 12.7. The number of fused-ring (bicyclic) bond motifs is 1. The Morgan fingerprint density at radius 3 is 2.41 bits per heavy atom. The quantitative estimate of drug-likeness (QED) is 0.718. The Morgan fingerprint density at radius 1 is 1.00 bits per heavy atom. The van der Waals surface area contributed by atoms with Crippen LogP contribution in [0.1, 0.15) is 6.42 Å². The lowest BCUT2D eigenvalue weighted by atomic mass is 10.1. The lowest BCUT2D eigenvalue weighted by Crippen LogP contribution is -2.28. The average Bonchev–Trinajstić information content (AvgIpc) is 3.09. The molecule has 0 spiro atoms. The highest BCUT2D eigenvalue weighted by Gasteiger charge is 2.35. The van der Waals surface area contributed by atoms with Crippen LogP contribution < -0.4 is 10.2 Å². The maximum atomic E-state index is 12.7. The first-order valence-corrected chi connectivity index (χ1v) is 11.1. The van der Waals surface area contributed by atoms with E-state index in [0.29, 0.717) is 12.2 Å². The van der Waals surface area contributed by atoms with E-state index in [1.54, 1.807) is 17.0 Å². The summed E-state index contributed by atoms with van der Waals surface area (Å²) in [6.07, 6.45) is 1.27. The van der Waals surface area contributed by atoms with E-state index in [2.05, 4.69) is 5.32 Å². The maximum Gasteiger partial charge on any atom is 0.229 e. The van der Waals surface area contributed by atoms with Crippen molar-refractivity contribution in [3.63, 3.8) is 0 Å². The minimum atomic E-state index is -3.29. The second-order valence-corrected chi connectivity index (χ2v) is 9.21. The summed E-state index contributed by atoms with van der Waals surface area (Å²) in [5.41, 5.74) is 1.30. The van der Waals surface area contributed by atoms with E-state index in [9.17, 15) is 18.0 Å². The molecule has 3 aromatic rings. The van der Waals surface area contributed by atoms with Gasteiger partial charge in [0.2, 0.25) is 11.8 Å². The molecule has 1 N–H and O–H groups in total. The predicted molar refractivity (Wildman–Crippen MR) is 113 cm³/mol. The van der Waals surface area contributed by atoms with Crippen LogP contribution in [-0.2, 0) is 19.4 Å². The van der Waals surface area contributed by atoms with E-state index in [-0.39, 0.29) is 23.1 Å². The second-order valence-electron chi connectivity index (χ2n) is 7.19. The third-order valence-corrected chi connectivity index (χ3v) is 6.23. The summed E-state index contributed by atoms with van der Waals surface area (Å²) in [6, 6.07) is 19.6. The molecule has 0 aliphatic carbocycles. The Bertz CT molecular complexity index is 1200. The molecule has 1 saturated heterocycles. The normalized spacial score (nSPS) is 16.9. The molecular formula is C22H20N2O4S. The summed E-state index contributed by atoms with van der Waals surface area (Å²) >= 11 is 0. The number of sulfone groups is 1. The lowest BCUT2D eigenvalue weighted by molar-refractivity contribution is -0.122. The molecular weight excluding hydrogens is 388 g/mol. The van der Waals surface area contributed by atoms with E-state index in [1.807, 2.05) is 42.5 Å². The molecule has 1 fully saturated rings. The van der Waals surface area contributed by atoms with Gasteiger partial charge in [-0.25, -0.2) is 8.42 Å². The fourth-order valence-electron chi connectivity index (χ4n) is 3.59. The number of nitrogens with one attached hydrogen (secondary N) is 1. The summed E-state index contributed by atoms with van der Waals surface area (Å²) < 4.78 is 23.1. The third kappa shape index (κ3) is 3.86. The average molecular weight is 408 g/mol. The van der Waals surface area contributed by atoms with Gasteiger partial charge in [0.05, 0.1) is 16.5 Å². The van der Waals surface area contributed by atoms with Crippen molar-refractivity contribution in [1.82, 2.24) is 0 Å². The van der Waals surface area contributed by atoms with Gasteiger partial charge in [-0.15, -0.1) is 0 Å². The molecule has 0 radical (unpaired) electrons. The summed E-state index contributed by atoms with van der Waals surface area (Å²) in [7, 11) is -3.29. The van der Waals surface area contributed by atoms with Crippen molar-refractivity contribution in [1.29, 1.82) is 0 Å². The highest BCUT2D eigenvalue weighted by atomic mass is 32.2. The first kappa shape index (κ1) is 19.1. The Labute approximate surface area is 169 Å². The van der Waals surface area contributed by atoms with Crippen molar-refractivity contribution in [2.24, 2.45) is 5.92 Å². The lowest BCUT2D eigenvalue weighted by Gasteiger charge is -2.19. The predicted octanol–water partition coefficient (Wildman–Crippen LogP) is 3.23. The molecule has 7 heteroatoms. The van der Waals surface area contributed by atoms with Crippen LogP contribution in [0, 0.1) is 5.92 Å². The van der Waals surface area contributed by atoms with Gasteiger partial charge in [-0.1, -0.05) is 36.4 Å². The SMILES string of the molecule is CS(=O)(=O)c1ccc(NC(=O)C2CC(=O)N(c3cccc4ccccc34)C2)cc1. The minimum Gasteiger partial charge on any atom is -0.326 e. The zero-order chi connectivity index (χ0) is 20.6. The van der Waals surface area contributed by atoms with Crippen LogP contribution in [0.2, 0.25) is 0 Å². The van der Waals surface area contributed by atoms with Gasteiger partial charge in [-0.05, 0) is 35.7 Å². The largest absolute Gasteiger partial charge is 0.326 e. The molecule has 4 rings (SSSR count).